The molecule has 0 aliphatic heterocycles. The second-order valence-electron chi connectivity index (χ2n) is 4.87. The molecule has 0 amide bonds. The summed E-state index contributed by atoms with van der Waals surface area (Å²) in [6.45, 7) is 0. The molecule has 0 aliphatic rings. The fraction of sp³-hybridized carbons (Fsp3) is 0. The largest absolute Gasteiger partial charge is 0.192 e. The zero-order chi connectivity index (χ0) is 15.4. The van der Waals surface area contributed by atoms with Crippen molar-refractivity contribution in [3.05, 3.63) is 83.9 Å². The van der Waals surface area contributed by atoms with Gasteiger partial charge in [-0.3, -0.25) is 0 Å². The molecule has 0 aromatic heterocycles. The first-order chi connectivity index (χ1) is 10.8. The molecule has 0 aliphatic carbocycles. The monoisotopic (exact) mass is 280 g/mol. The van der Waals surface area contributed by atoms with Crippen LogP contribution >= 0.6 is 0 Å². The molecule has 2 nitrogen and oxygen atoms in total. The molecule has 102 valence electrons. The van der Waals surface area contributed by atoms with E-state index < -0.39 is 0 Å². The van der Waals surface area contributed by atoms with Crippen LogP contribution in [0.3, 0.4) is 0 Å². The first kappa shape index (κ1) is 13.6. The lowest BCUT2D eigenvalue weighted by molar-refractivity contribution is 1.42. The van der Waals surface area contributed by atoms with Crippen LogP contribution in [0.4, 0.5) is 0 Å². The Morgan fingerprint density at radius 2 is 1.18 bits per heavy atom. The molecule has 0 fully saturated rings. The summed E-state index contributed by atoms with van der Waals surface area (Å²) in [6, 6.07) is 27.6. The second-order valence-corrected chi connectivity index (χ2v) is 4.87. The first-order valence-corrected chi connectivity index (χ1v) is 6.93. The highest BCUT2D eigenvalue weighted by atomic mass is 14.3. The van der Waals surface area contributed by atoms with E-state index in [9.17, 15) is 10.5 Å². The molecule has 0 unspecified atom stereocenters. The molecule has 3 rings (SSSR count). The molecule has 0 heterocycles. The van der Waals surface area contributed by atoms with Crippen molar-refractivity contribution < 1.29 is 0 Å². The molecule has 0 atom stereocenters. The summed E-state index contributed by atoms with van der Waals surface area (Å²) in [4.78, 5) is 0. The van der Waals surface area contributed by atoms with Gasteiger partial charge in [0.2, 0.25) is 0 Å². The Labute approximate surface area is 129 Å². The Balaban J connectivity index is 2.38. The van der Waals surface area contributed by atoms with Crippen molar-refractivity contribution in [2.45, 2.75) is 0 Å². The van der Waals surface area contributed by atoms with E-state index in [1.165, 1.54) is 0 Å². The minimum Gasteiger partial charge on any atom is -0.192 e. The van der Waals surface area contributed by atoms with Gasteiger partial charge in [-0.2, -0.15) is 10.5 Å². The highest BCUT2D eigenvalue weighted by Crippen LogP contribution is 2.36. The van der Waals surface area contributed by atoms with Crippen molar-refractivity contribution in [2.75, 3.05) is 0 Å². The minimum atomic E-state index is 0.404. The summed E-state index contributed by atoms with van der Waals surface area (Å²) >= 11 is 0. The number of nitrogens with zero attached hydrogens (tertiary/aromatic N) is 2. The van der Waals surface area contributed by atoms with E-state index in [4.69, 9.17) is 0 Å². The molecule has 0 spiro atoms. The molecule has 0 N–H and O–H groups in total. The zero-order valence-electron chi connectivity index (χ0n) is 11.8. The van der Waals surface area contributed by atoms with Gasteiger partial charge in [-0.15, -0.1) is 0 Å². The standard InChI is InChI=1S/C20H12N2/c21-13-17-11-12-18(15-7-3-1-4-8-15)20(19(17)14-22)16-9-5-2-6-10-16/h1-12H. The minimum absolute atomic E-state index is 0.404. The number of rotatable bonds is 2. The summed E-state index contributed by atoms with van der Waals surface area (Å²) in [7, 11) is 0. The number of benzene rings is 3. The fourth-order valence-electron chi connectivity index (χ4n) is 2.57. The molecule has 0 saturated heterocycles. The average Bonchev–Trinajstić information content (AvgIpc) is 2.61. The van der Waals surface area contributed by atoms with Crippen LogP contribution in [-0.2, 0) is 0 Å². The molecular formula is C20H12N2. The van der Waals surface area contributed by atoms with Gasteiger partial charge in [-0.1, -0.05) is 66.7 Å². The van der Waals surface area contributed by atoms with Crippen molar-refractivity contribution in [1.82, 2.24) is 0 Å². The van der Waals surface area contributed by atoms with Crippen molar-refractivity contribution in [2.24, 2.45) is 0 Å². The van der Waals surface area contributed by atoms with Crippen molar-refractivity contribution in [3.8, 4) is 34.4 Å². The summed E-state index contributed by atoms with van der Waals surface area (Å²) in [5.74, 6) is 0. The Bertz CT molecular complexity index is 883. The summed E-state index contributed by atoms with van der Waals surface area (Å²) in [5, 5.41) is 18.8. The van der Waals surface area contributed by atoms with Gasteiger partial charge in [0.15, 0.2) is 0 Å². The Morgan fingerprint density at radius 3 is 1.73 bits per heavy atom. The van der Waals surface area contributed by atoms with E-state index in [0.29, 0.717) is 11.1 Å². The van der Waals surface area contributed by atoms with Gasteiger partial charge in [-0.05, 0) is 22.8 Å². The van der Waals surface area contributed by atoms with Gasteiger partial charge in [0.25, 0.3) is 0 Å². The number of hydrogen-bond donors (Lipinski definition) is 0. The molecule has 0 radical (unpaired) electrons. The van der Waals surface area contributed by atoms with Gasteiger partial charge in [0.1, 0.15) is 12.1 Å². The normalized spacial score (nSPS) is 9.73. The lowest BCUT2D eigenvalue weighted by atomic mass is 9.88. The number of hydrogen-bond acceptors (Lipinski definition) is 2. The quantitative estimate of drug-likeness (QED) is 0.679. The third kappa shape index (κ3) is 2.35. The Hall–Kier alpha value is -3.36. The summed E-state index contributed by atoms with van der Waals surface area (Å²) < 4.78 is 0. The van der Waals surface area contributed by atoms with E-state index in [0.717, 1.165) is 22.3 Å². The Kier molecular flexibility index (Phi) is 3.69. The molecule has 3 aromatic rings. The van der Waals surface area contributed by atoms with Gasteiger partial charge >= 0.3 is 0 Å². The summed E-state index contributed by atoms with van der Waals surface area (Å²) in [5.41, 5.74) is 4.57. The highest BCUT2D eigenvalue weighted by Gasteiger charge is 2.15. The van der Waals surface area contributed by atoms with E-state index in [1.54, 1.807) is 6.07 Å². The van der Waals surface area contributed by atoms with Crippen molar-refractivity contribution in [1.29, 1.82) is 10.5 Å². The second kappa shape index (κ2) is 5.95. The fourth-order valence-corrected chi connectivity index (χ4v) is 2.57. The van der Waals surface area contributed by atoms with Crippen LogP contribution in [0.25, 0.3) is 22.3 Å². The van der Waals surface area contributed by atoms with Gasteiger partial charge < -0.3 is 0 Å². The van der Waals surface area contributed by atoms with E-state index >= 15 is 0 Å². The average molecular weight is 280 g/mol. The lowest BCUT2D eigenvalue weighted by Gasteiger charge is -2.13. The summed E-state index contributed by atoms with van der Waals surface area (Å²) in [6.07, 6.45) is 0. The molecule has 3 aromatic carbocycles. The van der Waals surface area contributed by atoms with Crippen LogP contribution in [0.15, 0.2) is 72.8 Å². The molecule has 22 heavy (non-hydrogen) atoms. The van der Waals surface area contributed by atoms with E-state index in [-0.39, 0.29) is 0 Å². The SMILES string of the molecule is N#Cc1ccc(-c2ccccc2)c(-c2ccccc2)c1C#N. The maximum Gasteiger partial charge on any atom is 0.101 e. The molecule has 0 bridgehead atoms. The third-order valence-corrected chi connectivity index (χ3v) is 3.58. The van der Waals surface area contributed by atoms with Crippen molar-refractivity contribution >= 4 is 0 Å². The Morgan fingerprint density at radius 1 is 0.591 bits per heavy atom. The topological polar surface area (TPSA) is 47.6 Å². The van der Waals surface area contributed by atoms with Crippen molar-refractivity contribution in [3.63, 3.8) is 0 Å². The maximum absolute atomic E-state index is 9.56. The smallest absolute Gasteiger partial charge is 0.101 e. The van der Waals surface area contributed by atoms with Gasteiger partial charge in [0, 0.05) is 5.56 Å². The van der Waals surface area contributed by atoms with Crippen LogP contribution in [0.1, 0.15) is 11.1 Å². The lowest BCUT2D eigenvalue weighted by Crippen LogP contribution is -1.94. The van der Waals surface area contributed by atoms with Crippen LogP contribution < -0.4 is 0 Å². The van der Waals surface area contributed by atoms with Crippen LogP contribution in [0, 0.1) is 22.7 Å². The van der Waals surface area contributed by atoms with Crippen LogP contribution in [0.2, 0.25) is 0 Å². The van der Waals surface area contributed by atoms with Crippen LogP contribution in [0.5, 0.6) is 0 Å². The predicted octanol–water partition coefficient (Wildman–Crippen LogP) is 4.76. The predicted molar refractivity (Wildman–Crippen MR) is 86.7 cm³/mol. The highest BCUT2D eigenvalue weighted by molar-refractivity contribution is 5.88. The first-order valence-electron chi connectivity index (χ1n) is 6.93. The maximum atomic E-state index is 9.56. The molecule has 0 saturated carbocycles. The zero-order valence-corrected chi connectivity index (χ0v) is 11.8. The van der Waals surface area contributed by atoms with Gasteiger partial charge in [0.05, 0.1) is 11.1 Å². The third-order valence-electron chi connectivity index (χ3n) is 3.58. The molecule has 2 heteroatoms. The van der Waals surface area contributed by atoms with Crippen LogP contribution in [-0.4, -0.2) is 0 Å². The number of nitriles is 2. The van der Waals surface area contributed by atoms with E-state index in [2.05, 4.69) is 12.1 Å². The van der Waals surface area contributed by atoms with E-state index in [1.807, 2.05) is 66.7 Å². The molecular weight excluding hydrogens is 268 g/mol. The van der Waals surface area contributed by atoms with Gasteiger partial charge in [-0.25, -0.2) is 0 Å².